The molecule has 0 aliphatic rings. The Bertz CT molecular complexity index is 733. The number of methoxy groups -OCH3 is 1. The maximum atomic E-state index is 6.08. The van der Waals surface area contributed by atoms with Crippen molar-refractivity contribution in [3.63, 3.8) is 0 Å². The van der Waals surface area contributed by atoms with Gasteiger partial charge in [0, 0.05) is 5.39 Å². The number of halogens is 1. The van der Waals surface area contributed by atoms with Crippen molar-refractivity contribution in [1.82, 2.24) is 0 Å². The highest BCUT2D eigenvalue weighted by atomic mass is 35.5. The molecule has 0 atom stereocenters. The number of benzene rings is 2. The van der Waals surface area contributed by atoms with Gasteiger partial charge >= 0.3 is 0 Å². The molecule has 20 heavy (non-hydrogen) atoms. The molecule has 0 aliphatic heterocycles. The predicted molar refractivity (Wildman–Crippen MR) is 78.6 cm³/mol. The van der Waals surface area contributed by atoms with Gasteiger partial charge in [0.1, 0.15) is 12.4 Å². The molecule has 102 valence electrons. The molecular formula is C16H13ClO3. The van der Waals surface area contributed by atoms with Gasteiger partial charge in [-0.05, 0) is 24.3 Å². The van der Waals surface area contributed by atoms with Gasteiger partial charge in [-0.15, -0.1) is 0 Å². The molecule has 0 saturated carbocycles. The topological polar surface area (TPSA) is 31.6 Å². The summed E-state index contributed by atoms with van der Waals surface area (Å²) in [7, 11) is 1.61. The Labute approximate surface area is 121 Å². The Balaban J connectivity index is 1.82. The third-order valence-corrected chi connectivity index (χ3v) is 3.28. The molecule has 2 aromatic carbocycles. The largest absolute Gasteiger partial charge is 0.493 e. The fourth-order valence-corrected chi connectivity index (χ4v) is 2.26. The van der Waals surface area contributed by atoms with E-state index >= 15 is 0 Å². The lowest BCUT2D eigenvalue weighted by Crippen LogP contribution is -1.96. The zero-order valence-electron chi connectivity index (χ0n) is 10.9. The van der Waals surface area contributed by atoms with Crippen molar-refractivity contribution in [1.29, 1.82) is 0 Å². The zero-order valence-corrected chi connectivity index (χ0v) is 11.7. The van der Waals surface area contributed by atoms with E-state index in [0.717, 1.165) is 11.1 Å². The Hall–Kier alpha value is -2.13. The summed E-state index contributed by atoms with van der Waals surface area (Å²) in [6.07, 6.45) is 0. The molecule has 4 heteroatoms. The summed E-state index contributed by atoms with van der Waals surface area (Å²) >= 11 is 6.08. The van der Waals surface area contributed by atoms with Crippen LogP contribution in [0.15, 0.2) is 52.9 Å². The lowest BCUT2D eigenvalue weighted by atomic mass is 10.2. The maximum Gasteiger partial charge on any atom is 0.161 e. The minimum Gasteiger partial charge on any atom is -0.493 e. The molecule has 0 unspecified atom stereocenters. The van der Waals surface area contributed by atoms with Gasteiger partial charge in [0.25, 0.3) is 0 Å². The number of hydrogen-bond donors (Lipinski definition) is 0. The second-order valence-electron chi connectivity index (χ2n) is 4.31. The molecule has 0 fully saturated rings. The van der Waals surface area contributed by atoms with E-state index < -0.39 is 0 Å². The van der Waals surface area contributed by atoms with Crippen LogP contribution in [-0.2, 0) is 6.61 Å². The lowest BCUT2D eigenvalue weighted by molar-refractivity contribution is 0.259. The van der Waals surface area contributed by atoms with Crippen LogP contribution in [0.25, 0.3) is 11.0 Å². The van der Waals surface area contributed by atoms with E-state index in [1.807, 2.05) is 42.5 Å². The first kappa shape index (κ1) is 12.9. The molecule has 0 N–H and O–H groups in total. The first-order chi connectivity index (χ1) is 9.78. The summed E-state index contributed by atoms with van der Waals surface area (Å²) in [6.45, 7) is 0.325. The molecule has 3 aromatic rings. The van der Waals surface area contributed by atoms with Crippen molar-refractivity contribution in [2.45, 2.75) is 6.61 Å². The van der Waals surface area contributed by atoms with Crippen molar-refractivity contribution in [2.24, 2.45) is 0 Å². The van der Waals surface area contributed by atoms with E-state index in [2.05, 4.69) is 0 Å². The van der Waals surface area contributed by atoms with Gasteiger partial charge in [0.2, 0.25) is 0 Å². The highest BCUT2D eigenvalue weighted by Crippen LogP contribution is 2.29. The van der Waals surface area contributed by atoms with Gasteiger partial charge in [-0.2, -0.15) is 0 Å². The normalized spacial score (nSPS) is 10.7. The summed E-state index contributed by atoms with van der Waals surface area (Å²) in [5.74, 6) is 2.10. The summed E-state index contributed by atoms with van der Waals surface area (Å²) in [5, 5.41) is 1.57. The van der Waals surface area contributed by atoms with Crippen molar-refractivity contribution in [2.75, 3.05) is 7.11 Å². The van der Waals surface area contributed by atoms with Crippen LogP contribution in [-0.4, -0.2) is 7.11 Å². The van der Waals surface area contributed by atoms with Crippen molar-refractivity contribution in [3.05, 3.63) is 59.3 Å². The Morgan fingerprint density at radius 2 is 1.85 bits per heavy atom. The summed E-state index contributed by atoms with van der Waals surface area (Å²) < 4.78 is 16.7. The average Bonchev–Trinajstić information content (AvgIpc) is 2.90. The van der Waals surface area contributed by atoms with Gasteiger partial charge in [0.15, 0.2) is 17.1 Å². The maximum absolute atomic E-state index is 6.08. The molecule has 0 aliphatic carbocycles. The molecule has 0 amide bonds. The second kappa shape index (κ2) is 5.47. The van der Waals surface area contributed by atoms with Crippen LogP contribution in [0.4, 0.5) is 0 Å². The van der Waals surface area contributed by atoms with E-state index in [9.17, 15) is 0 Å². The van der Waals surface area contributed by atoms with Gasteiger partial charge in [-0.25, -0.2) is 0 Å². The quantitative estimate of drug-likeness (QED) is 0.699. The zero-order chi connectivity index (χ0) is 13.9. The van der Waals surface area contributed by atoms with Gasteiger partial charge in [-0.1, -0.05) is 35.9 Å². The first-order valence-corrected chi connectivity index (χ1v) is 6.58. The molecular weight excluding hydrogens is 276 g/mol. The highest BCUT2D eigenvalue weighted by molar-refractivity contribution is 6.34. The van der Waals surface area contributed by atoms with Crippen LogP contribution >= 0.6 is 11.6 Å². The highest BCUT2D eigenvalue weighted by Gasteiger charge is 2.09. The molecule has 3 nitrogen and oxygen atoms in total. The van der Waals surface area contributed by atoms with Crippen molar-refractivity contribution < 1.29 is 13.9 Å². The molecule has 1 heterocycles. The van der Waals surface area contributed by atoms with Gasteiger partial charge in [0.05, 0.1) is 12.1 Å². The van der Waals surface area contributed by atoms with Crippen LogP contribution in [0.5, 0.6) is 11.5 Å². The molecule has 3 rings (SSSR count). The second-order valence-corrected chi connectivity index (χ2v) is 4.72. The Morgan fingerprint density at radius 3 is 2.60 bits per heavy atom. The van der Waals surface area contributed by atoms with Gasteiger partial charge in [-0.3, -0.25) is 0 Å². The number of ether oxygens (including phenoxy) is 2. The lowest BCUT2D eigenvalue weighted by Gasteiger charge is -2.08. The molecule has 1 aromatic heterocycles. The summed E-state index contributed by atoms with van der Waals surface area (Å²) in [6, 6.07) is 15.1. The first-order valence-electron chi connectivity index (χ1n) is 6.20. The van der Waals surface area contributed by atoms with Crippen LogP contribution in [0.2, 0.25) is 5.02 Å². The smallest absolute Gasteiger partial charge is 0.161 e. The molecule has 0 bridgehead atoms. The number of para-hydroxylation sites is 3. The summed E-state index contributed by atoms with van der Waals surface area (Å²) in [5.41, 5.74) is 0.688. The number of fused-ring (bicyclic) bond motifs is 1. The number of hydrogen-bond acceptors (Lipinski definition) is 3. The standard InChI is InChI=1S/C16H13ClO3/c1-18-14-7-2-3-8-15(14)19-10-12-9-11-5-4-6-13(17)16(11)20-12/h2-9H,10H2,1H3. The van der Waals surface area contributed by atoms with E-state index in [-0.39, 0.29) is 0 Å². The third kappa shape index (κ3) is 2.45. The SMILES string of the molecule is COc1ccccc1OCc1cc2cccc(Cl)c2o1. The molecule has 0 spiro atoms. The number of furan rings is 1. The average molecular weight is 289 g/mol. The third-order valence-electron chi connectivity index (χ3n) is 2.99. The summed E-state index contributed by atoms with van der Waals surface area (Å²) in [4.78, 5) is 0. The predicted octanol–water partition coefficient (Wildman–Crippen LogP) is 4.67. The minimum atomic E-state index is 0.325. The Kier molecular flexibility index (Phi) is 3.52. The fourth-order valence-electron chi connectivity index (χ4n) is 2.04. The molecule has 0 radical (unpaired) electrons. The van der Waals surface area contributed by atoms with E-state index in [1.54, 1.807) is 13.2 Å². The number of rotatable bonds is 4. The van der Waals surface area contributed by atoms with Crippen LogP contribution in [0.3, 0.4) is 0 Å². The molecule has 0 saturated heterocycles. The minimum absolute atomic E-state index is 0.325. The van der Waals surface area contributed by atoms with E-state index in [4.69, 9.17) is 25.5 Å². The Morgan fingerprint density at radius 1 is 1.05 bits per heavy atom. The van der Waals surface area contributed by atoms with E-state index in [0.29, 0.717) is 28.7 Å². The van der Waals surface area contributed by atoms with Crippen molar-refractivity contribution >= 4 is 22.6 Å². The monoisotopic (exact) mass is 288 g/mol. The van der Waals surface area contributed by atoms with E-state index in [1.165, 1.54) is 0 Å². The fraction of sp³-hybridized carbons (Fsp3) is 0.125. The van der Waals surface area contributed by atoms with Crippen LogP contribution in [0, 0.1) is 0 Å². The van der Waals surface area contributed by atoms with Gasteiger partial charge < -0.3 is 13.9 Å². The van der Waals surface area contributed by atoms with Crippen LogP contribution in [0.1, 0.15) is 5.76 Å². The van der Waals surface area contributed by atoms with Crippen LogP contribution < -0.4 is 9.47 Å². The van der Waals surface area contributed by atoms with Crippen molar-refractivity contribution in [3.8, 4) is 11.5 Å².